The molecule has 0 fully saturated rings. The number of fused-ring (bicyclic) bond motifs is 1. The number of ether oxygens (including phenoxy) is 2. The monoisotopic (exact) mass is 340 g/mol. The first-order valence-electron chi connectivity index (χ1n) is 6.78. The molecule has 1 aromatic carbocycles. The van der Waals surface area contributed by atoms with Crippen molar-refractivity contribution in [3.05, 3.63) is 33.8 Å². The second-order valence-electron chi connectivity index (χ2n) is 4.91. The molecule has 22 heavy (non-hydrogen) atoms. The van der Waals surface area contributed by atoms with Crippen molar-refractivity contribution in [1.82, 2.24) is 9.71 Å². The number of aryl methyl sites for hydroxylation is 2. The molecule has 0 bridgehead atoms. The van der Waals surface area contributed by atoms with Crippen LogP contribution in [0.1, 0.15) is 15.6 Å². The van der Waals surface area contributed by atoms with E-state index in [1.54, 1.807) is 17.4 Å². The minimum absolute atomic E-state index is 0.120. The number of hydrogen-bond donors (Lipinski definition) is 1. The average Bonchev–Trinajstić information content (AvgIpc) is 3.05. The van der Waals surface area contributed by atoms with Crippen molar-refractivity contribution < 1.29 is 17.9 Å². The molecule has 1 aliphatic rings. The summed E-state index contributed by atoms with van der Waals surface area (Å²) in [5.41, 5.74) is 0.999. The summed E-state index contributed by atoms with van der Waals surface area (Å²) in [6, 6.07) is 4.58. The molecule has 1 aliphatic heterocycles. The fourth-order valence-corrected chi connectivity index (χ4v) is 4.05. The van der Waals surface area contributed by atoms with Gasteiger partial charge < -0.3 is 9.47 Å². The maximum absolute atomic E-state index is 12.3. The van der Waals surface area contributed by atoms with Crippen LogP contribution in [0.5, 0.6) is 11.5 Å². The summed E-state index contributed by atoms with van der Waals surface area (Å²) >= 11 is 1.59. The van der Waals surface area contributed by atoms with Crippen molar-refractivity contribution in [2.45, 2.75) is 25.2 Å². The van der Waals surface area contributed by atoms with Gasteiger partial charge in [0.15, 0.2) is 11.5 Å². The average molecular weight is 340 g/mol. The molecule has 2 heterocycles. The zero-order chi connectivity index (χ0) is 15.7. The van der Waals surface area contributed by atoms with Crippen LogP contribution in [0.25, 0.3) is 0 Å². The van der Waals surface area contributed by atoms with Crippen molar-refractivity contribution in [3.63, 3.8) is 0 Å². The Morgan fingerprint density at radius 3 is 2.77 bits per heavy atom. The molecule has 0 saturated heterocycles. The summed E-state index contributed by atoms with van der Waals surface area (Å²) in [5.74, 6) is 1.02. The Hall–Kier alpha value is -1.64. The molecule has 2 aromatic rings. The molecule has 0 spiro atoms. The predicted octanol–water partition coefficient (Wildman–Crippen LogP) is 2.01. The van der Waals surface area contributed by atoms with Crippen LogP contribution in [0.3, 0.4) is 0 Å². The summed E-state index contributed by atoms with van der Waals surface area (Å²) in [5, 5.41) is 0.934. The molecule has 3 rings (SSSR count). The lowest BCUT2D eigenvalue weighted by atomic mass is 10.3. The van der Waals surface area contributed by atoms with Crippen LogP contribution in [-0.4, -0.2) is 26.7 Å². The van der Waals surface area contributed by atoms with Crippen LogP contribution in [0.15, 0.2) is 23.1 Å². The van der Waals surface area contributed by atoms with E-state index in [0.717, 1.165) is 15.6 Å². The van der Waals surface area contributed by atoms with Gasteiger partial charge in [0.25, 0.3) is 0 Å². The van der Waals surface area contributed by atoms with Gasteiger partial charge in [-0.25, -0.2) is 18.1 Å². The first-order chi connectivity index (χ1) is 10.5. The highest BCUT2D eigenvalue weighted by atomic mass is 32.2. The van der Waals surface area contributed by atoms with Gasteiger partial charge >= 0.3 is 0 Å². The van der Waals surface area contributed by atoms with Crippen molar-refractivity contribution >= 4 is 21.4 Å². The maximum Gasteiger partial charge on any atom is 0.240 e. The van der Waals surface area contributed by atoms with E-state index in [0.29, 0.717) is 24.5 Å². The SMILES string of the molecule is Cc1nc(CCNS(=O)(=O)c2ccc3c(c2)OCO3)sc1C. The Morgan fingerprint density at radius 1 is 1.27 bits per heavy atom. The summed E-state index contributed by atoms with van der Waals surface area (Å²) in [7, 11) is -3.56. The van der Waals surface area contributed by atoms with E-state index in [1.165, 1.54) is 12.1 Å². The minimum atomic E-state index is -3.56. The fourth-order valence-electron chi connectivity index (χ4n) is 2.07. The molecule has 0 aliphatic carbocycles. The van der Waals surface area contributed by atoms with E-state index in [-0.39, 0.29) is 11.7 Å². The first-order valence-corrected chi connectivity index (χ1v) is 9.08. The van der Waals surface area contributed by atoms with Crippen LogP contribution in [0, 0.1) is 13.8 Å². The molecule has 0 unspecified atom stereocenters. The van der Waals surface area contributed by atoms with Gasteiger partial charge in [0, 0.05) is 23.9 Å². The van der Waals surface area contributed by atoms with Gasteiger partial charge in [0.2, 0.25) is 16.8 Å². The number of sulfonamides is 1. The van der Waals surface area contributed by atoms with Crippen molar-refractivity contribution in [3.8, 4) is 11.5 Å². The number of rotatable bonds is 5. The van der Waals surface area contributed by atoms with E-state index < -0.39 is 10.0 Å². The molecule has 0 amide bonds. The molecule has 6 nitrogen and oxygen atoms in total. The zero-order valence-electron chi connectivity index (χ0n) is 12.3. The summed E-state index contributed by atoms with van der Waals surface area (Å²) in [6.07, 6.45) is 0.573. The van der Waals surface area contributed by atoms with Crippen molar-refractivity contribution in [2.24, 2.45) is 0 Å². The Balaban J connectivity index is 1.66. The second-order valence-corrected chi connectivity index (χ2v) is 7.97. The van der Waals surface area contributed by atoms with Gasteiger partial charge in [-0.3, -0.25) is 0 Å². The third-order valence-corrected chi connectivity index (χ3v) is 5.95. The number of hydrogen-bond acceptors (Lipinski definition) is 6. The fraction of sp³-hybridized carbons (Fsp3) is 0.357. The van der Waals surface area contributed by atoms with Crippen LogP contribution in [0.2, 0.25) is 0 Å². The number of nitrogens with one attached hydrogen (secondary N) is 1. The number of thiazole rings is 1. The van der Waals surface area contributed by atoms with E-state index >= 15 is 0 Å². The second kappa shape index (κ2) is 5.86. The van der Waals surface area contributed by atoms with Crippen molar-refractivity contribution in [1.29, 1.82) is 0 Å². The smallest absolute Gasteiger partial charge is 0.240 e. The van der Waals surface area contributed by atoms with Crippen LogP contribution in [0.4, 0.5) is 0 Å². The van der Waals surface area contributed by atoms with E-state index in [1.807, 2.05) is 13.8 Å². The Morgan fingerprint density at radius 2 is 2.05 bits per heavy atom. The van der Waals surface area contributed by atoms with Crippen molar-refractivity contribution in [2.75, 3.05) is 13.3 Å². The molecular formula is C14H16N2O4S2. The molecule has 0 radical (unpaired) electrons. The number of benzene rings is 1. The molecule has 8 heteroatoms. The molecule has 1 N–H and O–H groups in total. The normalized spacial score (nSPS) is 13.5. The third kappa shape index (κ3) is 3.08. The van der Waals surface area contributed by atoms with Crippen LogP contribution in [-0.2, 0) is 16.4 Å². The topological polar surface area (TPSA) is 77.5 Å². The van der Waals surface area contributed by atoms with Crippen LogP contribution >= 0.6 is 11.3 Å². The number of nitrogens with zero attached hydrogens (tertiary/aromatic N) is 1. The van der Waals surface area contributed by atoms with Gasteiger partial charge in [0.05, 0.1) is 15.6 Å². The van der Waals surface area contributed by atoms with E-state index in [4.69, 9.17) is 9.47 Å². The Bertz CT molecular complexity index is 780. The largest absolute Gasteiger partial charge is 0.454 e. The Kier molecular flexibility index (Phi) is 4.07. The first kappa shape index (κ1) is 15.3. The predicted molar refractivity (Wildman–Crippen MR) is 83.0 cm³/mol. The highest BCUT2D eigenvalue weighted by Gasteiger charge is 2.20. The van der Waals surface area contributed by atoms with Gasteiger partial charge in [0.1, 0.15) is 0 Å². The maximum atomic E-state index is 12.3. The molecule has 1 aromatic heterocycles. The lowest BCUT2D eigenvalue weighted by molar-refractivity contribution is 0.174. The standard InChI is InChI=1S/C14H16N2O4S2/c1-9-10(2)21-14(16-9)5-6-15-22(17,18)11-3-4-12-13(7-11)20-8-19-12/h3-4,7,15H,5-6,8H2,1-2H3. The summed E-state index contributed by atoms with van der Waals surface area (Å²) < 4.78 is 37.5. The minimum Gasteiger partial charge on any atom is -0.454 e. The van der Waals surface area contributed by atoms with E-state index in [9.17, 15) is 8.42 Å². The highest BCUT2D eigenvalue weighted by Crippen LogP contribution is 2.33. The van der Waals surface area contributed by atoms with Gasteiger partial charge in [-0.15, -0.1) is 11.3 Å². The lowest BCUT2D eigenvalue weighted by Gasteiger charge is -2.06. The van der Waals surface area contributed by atoms with Gasteiger partial charge in [-0.05, 0) is 26.0 Å². The summed E-state index contributed by atoms with van der Waals surface area (Å²) in [4.78, 5) is 5.73. The zero-order valence-corrected chi connectivity index (χ0v) is 13.9. The van der Waals surface area contributed by atoms with E-state index in [2.05, 4.69) is 9.71 Å². The quantitative estimate of drug-likeness (QED) is 0.901. The van der Waals surface area contributed by atoms with Gasteiger partial charge in [-0.2, -0.15) is 0 Å². The third-order valence-electron chi connectivity index (χ3n) is 3.36. The lowest BCUT2D eigenvalue weighted by Crippen LogP contribution is -2.25. The molecule has 118 valence electrons. The number of aromatic nitrogens is 1. The summed E-state index contributed by atoms with van der Waals surface area (Å²) in [6.45, 7) is 4.39. The van der Waals surface area contributed by atoms with Crippen LogP contribution < -0.4 is 14.2 Å². The molecular weight excluding hydrogens is 324 g/mol. The Labute approximate surface area is 133 Å². The molecule has 0 saturated carbocycles. The molecule has 0 atom stereocenters. The highest BCUT2D eigenvalue weighted by molar-refractivity contribution is 7.89. The van der Waals surface area contributed by atoms with Gasteiger partial charge in [-0.1, -0.05) is 0 Å².